The molecule has 0 aliphatic carbocycles. The quantitative estimate of drug-likeness (QED) is 0.457. The third-order valence-electron chi connectivity index (χ3n) is 6.16. The highest BCUT2D eigenvalue weighted by molar-refractivity contribution is 5.93. The van der Waals surface area contributed by atoms with Gasteiger partial charge in [0.2, 0.25) is 0 Å². The summed E-state index contributed by atoms with van der Waals surface area (Å²) in [6, 6.07) is 27.2. The van der Waals surface area contributed by atoms with Gasteiger partial charge >= 0.3 is 0 Å². The molecule has 0 saturated carbocycles. The summed E-state index contributed by atoms with van der Waals surface area (Å²) < 4.78 is 15.0. The van der Waals surface area contributed by atoms with E-state index in [1.807, 2.05) is 17.0 Å². The van der Waals surface area contributed by atoms with E-state index < -0.39 is 0 Å². The molecule has 0 spiro atoms. The number of rotatable bonds is 5. The van der Waals surface area contributed by atoms with Crippen LogP contribution in [-0.2, 0) is 0 Å². The maximum absolute atomic E-state index is 13.3. The van der Waals surface area contributed by atoms with Crippen LogP contribution in [-0.4, -0.2) is 51.4 Å². The van der Waals surface area contributed by atoms with E-state index in [1.54, 1.807) is 29.2 Å². The van der Waals surface area contributed by atoms with Crippen LogP contribution in [0.5, 0.6) is 0 Å². The molecule has 1 aliphatic heterocycles. The van der Waals surface area contributed by atoms with Gasteiger partial charge in [-0.1, -0.05) is 60.7 Å². The predicted octanol–water partition coefficient (Wildman–Crippen LogP) is 4.56. The smallest absolute Gasteiger partial charge is 0.272 e. The molecule has 1 saturated heterocycles. The van der Waals surface area contributed by atoms with Gasteiger partial charge in [0.25, 0.3) is 5.91 Å². The maximum Gasteiger partial charge on any atom is 0.272 e. The Morgan fingerprint density at radius 3 is 1.94 bits per heavy atom. The summed E-state index contributed by atoms with van der Waals surface area (Å²) in [6.45, 7) is 2.79. The van der Waals surface area contributed by atoms with Crippen LogP contribution in [0.4, 0.5) is 4.39 Å². The number of aromatic nitrogens is 2. The highest BCUT2D eigenvalue weighted by atomic mass is 19.1. The summed E-state index contributed by atoms with van der Waals surface area (Å²) in [7, 11) is 0. The van der Waals surface area contributed by atoms with Crippen molar-refractivity contribution in [1.29, 1.82) is 0 Å². The highest BCUT2D eigenvalue weighted by Gasteiger charge is 2.29. The number of piperazine rings is 1. The number of hydrogen-bond acceptors (Lipinski definition) is 3. The van der Waals surface area contributed by atoms with Gasteiger partial charge in [-0.05, 0) is 35.4 Å². The van der Waals surface area contributed by atoms with Crippen LogP contribution in [0.1, 0.15) is 27.7 Å². The first-order valence-corrected chi connectivity index (χ1v) is 11.1. The second-order valence-electron chi connectivity index (χ2n) is 8.18. The Hall–Kier alpha value is -3.77. The normalized spacial score (nSPS) is 14.5. The van der Waals surface area contributed by atoms with Gasteiger partial charge in [-0.2, -0.15) is 0 Å². The fraction of sp³-hybridized carbons (Fsp3) is 0.185. The number of imidazole rings is 1. The second kappa shape index (κ2) is 9.38. The number of nitrogens with zero attached hydrogens (tertiary/aromatic N) is 4. The minimum atomic E-state index is -0.311. The fourth-order valence-electron chi connectivity index (χ4n) is 4.49. The Kier molecular flexibility index (Phi) is 6.00. The van der Waals surface area contributed by atoms with Gasteiger partial charge in [0.15, 0.2) is 0 Å². The molecule has 166 valence electrons. The van der Waals surface area contributed by atoms with E-state index in [4.69, 9.17) is 0 Å². The summed E-state index contributed by atoms with van der Waals surface area (Å²) >= 11 is 0. The predicted molar refractivity (Wildman–Crippen MR) is 126 cm³/mol. The van der Waals surface area contributed by atoms with Crippen molar-refractivity contribution in [2.24, 2.45) is 0 Å². The molecule has 33 heavy (non-hydrogen) atoms. The van der Waals surface area contributed by atoms with Crippen molar-refractivity contribution < 1.29 is 9.18 Å². The molecule has 0 bridgehead atoms. The van der Waals surface area contributed by atoms with E-state index in [0.717, 1.165) is 13.1 Å². The molecule has 1 aromatic heterocycles. The molecule has 0 unspecified atom stereocenters. The van der Waals surface area contributed by atoms with Gasteiger partial charge in [-0.3, -0.25) is 14.3 Å². The van der Waals surface area contributed by atoms with Crippen LogP contribution in [0, 0.1) is 5.82 Å². The zero-order valence-electron chi connectivity index (χ0n) is 18.2. The van der Waals surface area contributed by atoms with Crippen molar-refractivity contribution in [3.8, 4) is 5.69 Å². The zero-order chi connectivity index (χ0) is 22.6. The average molecular weight is 441 g/mol. The average Bonchev–Trinajstić information content (AvgIpc) is 3.36. The Bertz CT molecular complexity index is 1160. The van der Waals surface area contributed by atoms with Crippen LogP contribution in [0.2, 0.25) is 0 Å². The summed E-state index contributed by atoms with van der Waals surface area (Å²) in [5, 5.41) is 0. The third-order valence-corrected chi connectivity index (χ3v) is 6.16. The second-order valence-corrected chi connectivity index (χ2v) is 8.18. The summed E-state index contributed by atoms with van der Waals surface area (Å²) in [5.74, 6) is -0.373. The molecule has 3 aromatic carbocycles. The molecule has 0 radical (unpaired) electrons. The lowest BCUT2D eigenvalue weighted by molar-refractivity contribution is 0.0590. The SMILES string of the molecule is O=C(c1cncn1-c1ccc(F)cc1)N1CCN(C(c2ccccc2)c2ccccc2)CC1. The van der Waals surface area contributed by atoms with Crippen molar-refractivity contribution in [3.05, 3.63) is 120 Å². The molecule has 5 nitrogen and oxygen atoms in total. The van der Waals surface area contributed by atoms with Crippen molar-refractivity contribution >= 4 is 5.91 Å². The molecule has 0 N–H and O–H groups in total. The largest absolute Gasteiger partial charge is 0.335 e. The van der Waals surface area contributed by atoms with Crippen molar-refractivity contribution in [1.82, 2.24) is 19.4 Å². The molecular formula is C27H25FN4O. The van der Waals surface area contributed by atoms with Crippen LogP contribution in [0.3, 0.4) is 0 Å². The number of amides is 1. The van der Waals surface area contributed by atoms with Gasteiger partial charge in [-0.25, -0.2) is 9.37 Å². The lowest BCUT2D eigenvalue weighted by Crippen LogP contribution is -2.50. The van der Waals surface area contributed by atoms with E-state index in [0.29, 0.717) is 24.5 Å². The van der Waals surface area contributed by atoms with Gasteiger partial charge in [0, 0.05) is 31.9 Å². The van der Waals surface area contributed by atoms with Crippen LogP contribution in [0.15, 0.2) is 97.5 Å². The van der Waals surface area contributed by atoms with Gasteiger partial charge in [0.05, 0.1) is 18.6 Å². The maximum atomic E-state index is 13.3. The number of halogens is 1. The molecule has 1 aliphatic rings. The molecule has 1 fully saturated rings. The summed E-state index contributed by atoms with van der Waals surface area (Å²) in [5.41, 5.74) is 3.69. The van der Waals surface area contributed by atoms with E-state index in [9.17, 15) is 9.18 Å². The minimum absolute atomic E-state index is 0.0625. The monoisotopic (exact) mass is 440 g/mol. The molecule has 5 rings (SSSR count). The van der Waals surface area contributed by atoms with Crippen molar-refractivity contribution in [2.75, 3.05) is 26.2 Å². The lowest BCUT2D eigenvalue weighted by Gasteiger charge is -2.39. The first kappa shape index (κ1) is 21.1. The minimum Gasteiger partial charge on any atom is -0.335 e. The molecule has 2 heterocycles. The summed E-state index contributed by atoms with van der Waals surface area (Å²) in [6.07, 6.45) is 3.17. The van der Waals surface area contributed by atoms with Crippen LogP contribution >= 0.6 is 0 Å². The number of carbonyl (C=O) groups is 1. The van der Waals surface area contributed by atoms with E-state index in [2.05, 4.69) is 58.4 Å². The van der Waals surface area contributed by atoms with E-state index in [-0.39, 0.29) is 17.8 Å². The first-order chi connectivity index (χ1) is 16.2. The van der Waals surface area contributed by atoms with Gasteiger partial charge in [0.1, 0.15) is 11.5 Å². The lowest BCUT2D eigenvalue weighted by atomic mass is 9.96. The first-order valence-electron chi connectivity index (χ1n) is 11.1. The van der Waals surface area contributed by atoms with Crippen molar-refractivity contribution in [3.63, 3.8) is 0 Å². The Labute approximate surface area is 192 Å². The number of benzene rings is 3. The van der Waals surface area contributed by atoms with E-state index in [1.165, 1.54) is 23.3 Å². The Morgan fingerprint density at radius 2 is 1.36 bits per heavy atom. The highest BCUT2D eigenvalue weighted by Crippen LogP contribution is 2.29. The molecule has 4 aromatic rings. The standard InChI is InChI=1S/C27H25FN4O/c28-23-11-13-24(14-12-23)32-20-29-19-25(32)27(33)31-17-15-30(16-18-31)26(21-7-3-1-4-8-21)22-9-5-2-6-10-22/h1-14,19-20,26H,15-18H2. The topological polar surface area (TPSA) is 41.4 Å². The fourth-order valence-corrected chi connectivity index (χ4v) is 4.49. The molecule has 1 amide bonds. The molecular weight excluding hydrogens is 415 g/mol. The van der Waals surface area contributed by atoms with E-state index >= 15 is 0 Å². The van der Waals surface area contributed by atoms with Gasteiger partial charge in [-0.15, -0.1) is 0 Å². The third kappa shape index (κ3) is 4.43. The summed E-state index contributed by atoms with van der Waals surface area (Å²) in [4.78, 5) is 21.8. The molecule has 6 heteroatoms. The molecule has 0 atom stereocenters. The van der Waals surface area contributed by atoms with Crippen molar-refractivity contribution in [2.45, 2.75) is 6.04 Å². The Balaban J connectivity index is 1.33. The van der Waals surface area contributed by atoms with Crippen LogP contribution < -0.4 is 0 Å². The number of hydrogen-bond donors (Lipinski definition) is 0. The van der Waals surface area contributed by atoms with Crippen LogP contribution in [0.25, 0.3) is 5.69 Å². The zero-order valence-corrected chi connectivity index (χ0v) is 18.2. The van der Waals surface area contributed by atoms with Gasteiger partial charge < -0.3 is 4.90 Å². The Morgan fingerprint density at radius 1 is 0.788 bits per heavy atom. The number of carbonyl (C=O) groups excluding carboxylic acids is 1.